The fourth-order valence-electron chi connectivity index (χ4n) is 2.46. The number of Topliss-reactive ketones (excluding diaryl/α,β-unsaturated/α-hetero) is 1. The van der Waals surface area contributed by atoms with Crippen molar-refractivity contribution >= 4 is 28.7 Å². The Kier molecular flexibility index (Phi) is 4.63. The molecule has 0 spiro atoms. The summed E-state index contributed by atoms with van der Waals surface area (Å²) in [6.45, 7) is 3.73. The van der Waals surface area contributed by atoms with Crippen LogP contribution in [-0.4, -0.2) is 30.1 Å². The second-order valence-electron chi connectivity index (χ2n) is 5.83. The number of H-pyrrole nitrogens is 1. The zero-order valence-corrected chi connectivity index (χ0v) is 15.0. The van der Waals surface area contributed by atoms with Crippen molar-refractivity contribution in [3.63, 3.8) is 0 Å². The summed E-state index contributed by atoms with van der Waals surface area (Å²) in [5.74, 6) is 0.0196. The summed E-state index contributed by atoms with van der Waals surface area (Å²) in [5.41, 5.74) is 0.626. The Hall–Kier alpha value is -2.61. The van der Waals surface area contributed by atoms with E-state index in [1.807, 2.05) is 30.3 Å². The van der Waals surface area contributed by atoms with E-state index in [2.05, 4.69) is 9.97 Å². The molecule has 0 saturated carbocycles. The number of hydrogen-bond donors (Lipinski definition) is 1. The summed E-state index contributed by atoms with van der Waals surface area (Å²) in [6.07, 6.45) is 0. The number of fused-ring (bicyclic) bond motifs is 1. The van der Waals surface area contributed by atoms with Crippen molar-refractivity contribution in [2.24, 2.45) is 7.05 Å². The average molecular weight is 358 g/mol. The summed E-state index contributed by atoms with van der Waals surface area (Å²) >= 11 is 1.28. The van der Waals surface area contributed by atoms with Crippen molar-refractivity contribution < 1.29 is 4.79 Å². The SMILES string of the molecule is CC(=O)[C@@H](C)Sc1nc2c(c(=O)[nH]c(=O)n2C)n1Cc1ccccc1. The van der Waals surface area contributed by atoms with Crippen molar-refractivity contribution in [2.45, 2.75) is 30.8 Å². The van der Waals surface area contributed by atoms with E-state index in [4.69, 9.17) is 0 Å². The van der Waals surface area contributed by atoms with Crippen LogP contribution in [0.25, 0.3) is 11.2 Å². The van der Waals surface area contributed by atoms with Crippen LogP contribution in [-0.2, 0) is 18.4 Å². The quantitative estimate of drug-likeness (QED) is 0.699. The highest BCUT2D eigenvalue weighted by atomic mass is 32.2. The standard InChI is InChI=1S/C17H18N4O3S/c1-10(22)11(2)25-17-18-14-13(15(23)19-16(24)20(14)3)21(17)9-12-7-5-4-6-8-12/h4-8,11H,9H2,1-3H3,(H,19,23,24)/t11-/m1/s1. The van der Waals surface area contributed by atoms with Crippen LogP contribution in [0.2, 0.25) is 0 Å². The molecule has 3 aromatic rings. The zero-order valence-electron chi connectivity index (χ0n) is 14.1. The summed E-state index contributed by atoms with van der Waals surface area (Å²) < 4.78 is 3.06. The predicted octanol–water partition coefficient (Wildman–Crippen LogP) is 1.54. The number of carbonyl (C=O) groups is 1. The monoisotopic (exact) mass is 358 g/mol. The fourth-order valence-corrected chi connectivity index (χ4v) is 3.36. The van der Waals surface area contributed by atoms with Gasteiger partial charge >= 0.3 is 5.69 Å². The van der Waals surface area contributed by atoms with Gasteiger partial charge in [0.05, 0.1) is 11.8 Å². The second-order valence-corrected chi connectivity index (χ2v) is 7.14. The van der Waals surface area contributed by atoms with Crippen LogP contribution >= 0.6 is 11.8 Å². The number of rotatable bonds is 5. The molecule has 0 amide bonds. The largest absolute Gasteiger partial charge is 0.329 e. The minimum atomic E-state index is -0.516. The number of thioether (sulfide) groups is 1. The first-order valence-corrected chi connectivity index (χ1v) is 8.67. The van der Waals surface area contributed by atoms with Crippen molar-refractivity contribution in [1.82, 2.24) is 19.1 Å². The normalized spacial score (nSPS) is 12.4. The molecular formula is C17H18N4O3S. The minimum absolute atomic E-state index is 0.0196. The van der Waals surface area contributed by atoms with E-state index in [1.54, 1.807) is 18.5 Å². The Morgan fingerprint density at radius 1 is 1.28 bits per heavy atom. The Balaban J connectivity index is 2.22. The third-order valence-electron chi connectivity index (χ3n) is 4.01. The Morgan fingerprint density at radius 3 is 2.60 bits per heavy atom. The molecule has 0 unspecified atom stereocenters. The van der Waals surface area contributed by atoms with Crippen LogP contribution in [0.15, 0.2) is 45.1 Å². The van der Waals surface area contributed by atoms with Gasteiger partial charge in [0.15, 0.2) is 16.3 Å². The molecule has 25 heavy (non-hydrogen) atoms. The molecule has 0 fully saturated rings. The lowest BCUT2D eigenvalue weighted by Gasteiger charge is -2.11. The first-order chi connectivity index (χ1) is 11.9. The fraction of sp³-hybridized carbons (Fsp3) is 0.294. The van der Waals surface area contributed by atoms with Crippen molar-refractivity contribution in [3.05, 3.63) is 56.7 Å². The third kappa shape index (κ3) is 3.30. The third-order valence-corrected chi connectivity index (χ3v) is 5.22. The maximum atomic E-state index is 12.4. The van der Waals surface area contributed by atoms with Crippen LogP contribution in [0.5, 0.6) is 0 Å². The topological polar surface area (TPSA) is 89.8 Å². The minimum Gasteiger partial charge on any atom is -0.309 e. The van der Waals surface area contributed by atoms with E-state index in [0.717, 1.165) is 5.56 Å². The van der Waals surface area contributed by atoms with Crippen LogP contribution in [0.3, 0.4) is 0 Å². The lowest BCUT2D eigenvalue weighted by Crippen LogP contribution is -2.29. The highest BCUT2D eigenvalue weighted by Crippen LogP contribution is 2.26. The van der Waals surface area contributed by atoms with Crippen molar-refractivity contribution in [3.8, 4) is 0 Å². The summed E-state index contributed by atoms with van der Waals surface area (Å²) in [4.78, 5) is 42.7. The summed E-state index contributed by atoms with van der Waals surface area (Å²) in [7, 11) is 1.56. The van der Waals surface area contributed by atoms with E-state index in [-0.39, 0.29) is 11.0 Å². The molecular weight excluding hydrogens is 340 g/mol. The molecule has 1 N–H and O–H groups in total. The highest BCUT2D eigenvalue weighted by Gasteiger charge is 2.21. The van der Waals surface area contributed by atoms with Crippen LogP contribution in [0.1, 0.15) is 19.4 Å². The predicted molar refractivity (Wildman–Crippen MR) is 97.1 cm³/mol. The molecule has 8 heteroatoms. The molecule has 130 valence electrons. The van der Waals surface area contributed by atoms with Gasteiger partial charge in [0.2, 0.25) is 0 Å². The molecule has 7 nitrogen and oxygen atoms in total. The Labute approximate surface area is 147 Å². The number of benzene rings is 1. The van der Waals surface area contributed by atoms with Gasteiger partial charge in [0, 0.05) is 7.05 Å². The number of aromatic amines is 1. The van der Waals surface area contributed by atoms with Gasteiger partial charge in [0.1, 0.15) is 5.78 Å². The number of ketones is 1. The number of nitrogens with one attached hydrogen (secondary N) is 1. The number of aryl methyl sites for hydroxylation is 1. The van der Waals surface area contributed by atoms with Crippen molar-refractivity contribution in [2.75, 3.05) is 0 Å². The van der Waals surface area contributed by atoms with Gasteiger partial charge in [-0.15, -0.1) is 0 Å². The van der Waals surface area contributed by atoms with Gasteiger partial charge in [-0.2, -0.15) is 0 Å². The van der Waals surface area contributed by atoms with E-state index >= 15 is 0 Å². The van der Waals surface area contributed by atoms with Gasteiger partial charge in [0.25, 0.3) is 5.56 Å². The molecule has 0 aliphatic rings. The summed E-state index contributed by atoms with van der Waals surface area (Å²) in [6, 6.07) is 9.65. The molecule has 0 radical (unpaired) electrons. The van der Waals surface area contributed by atoms with Crippen LogP contribution in [0, 0.1) is 0 Å². The molecule has 1 atom stereocenters. The van der Waals surface area contributed by atoms with Gasteiger partial charge < -0.3 is 4.57 Å². The highest BCUT2D eigenvalue weighted by molar-refractivity contribution is 8.00. The van der Waals surface area contributed by atoms with Crippen LogP contribution < -0.4 is 11.2 Å². The first-order valence-electron chi connectivity index (χ1n) is 7.79. The van der Waals surface area contributed by atoms with Crippen molar-refractivity contribution in [1.29, 1.82) is 0 Å². The molecule has 3 rings (SSSR count). The van der Waals surface area contributed by atoms with Gasteiger partial charge in [-0.25, -0.2) is 9.78 Å². The molecule has 0 bridgehead atoms. The molecule has 1 aromatic carbocycles. The van der Waals surface area contributed by atoms with Crippen LogP contribution in [0.4, 0.5) is 0 Å². The number of nitrogens with zero attached hydrogens (tertiary/aromatic N) is 3. The Morgan fingerprint density at radius 2 is 1.96 bits per heavy atom. The summed E-state index contributed by atoms with van der Waals surface area (Å²) in [5, 5.41) is 0.232. The Bertz CT molecular complexity index is 1050. The zero-order chi connectivity index (χ0) is 18.1. The maximum Gasteiger partial charge on any atom is 0.329 e. The lowest BCUT2D eigenvalue weighted by molar-refractivity contribution is -0.116. The number of carbonyl (C=O) groups excluding carboxylic acids is 1. The second kappa shape index (κ2) is 6.72. The van der Waals surface area contributed by atoms with E-state index < -0.39 is 11.2 Å². The number of imidazole rings is 1. The van der Waals surface area contributed by atoms with Gasteiger partial charge in [-0.1, -0.05) is 42.1 Å². The number of aromatic nitrogens is 4. The van der Waals surface area contributed by atoms with E-state index in [0.29, 0.717) is 22.9 Å². The maximum absolute atomic E-state index is 12.4. The van der Waals surface area contributed by atoms with E-state index in [9.17, 15) is 14.4 Å². The van der Waals surface area contributed by atoms with Gasteiger partial charge in [-0.05, 0) is 19.4 Å². The first kappa shape index (κ1) is 17.2. The smallest absolute Gasteiger partial charge is 0.309 e. The lowest BCUT2D eigenvalue weighted by atomic mass is 10.2. The number of hydrogen-bond acceptors (Lipinski definition) is 5. The molecule has 0 saturated heterocycles. The molecule has 0 aliphatic heterocycles. The molecule has 0 aliphatic carbocycles. The molecule has 2 aromatic heterocycles. The average Bonchev–Trinajstić information content (AvgIpc) is 2.92. The molecule has 2 heterocycles. The van der Waals surface area contributed by atoms with E-state index in [1.165, 1.54) is 23.3 Å². The van der Waals surface area contributed by atoms with Gasteiger partial charge in [-0.3, -0.25) is 19.1 Å².